The first-order valence-electron chi connectivity index (χ1n) is 9.42. The molecule has 0 aliphatic carbocycles. The Morgan fingerprint density at radius 2 is 1.77 bits per heavy atom. The minimum Gasteiger partial charge on any atom is -0.497 e. The maximum absolute atomic E-state index is 13.5. The average molecular weight is 451 g/mol. The van der Waals surface area contributed by atoms with E-state index in [9.17, 15) is 17.2 Å². The van der Waals surface area contributed by atoms with Gasteiger partial charge in [0.1, 0.15) is 5.75 Å². The van der Waals surface area contributed by atoms with Gasteiger partial charge in [-0.2, -0.15) is 0 Å². The van der Waals surface area contributed by atoms with Gasteiger partial charge in [0.05, 0.1) is 22.9 Å². The number of halogens is 2. The zero-order chi connectivity index (χ0) is 21.3. The fourth-order valence-corrected chi connectivity index (χ4v) is 6.13. The van der Waals surface area contributed by atoms with Gasteiger partial charge in [0, 0.05) is 24.0 Å². The number of piperidine rings is 1. The first-order valence-corrected chi connectivity index (χ1v) is 11.8. The number of ether oxygens (including phenoxy) is 1. The van der Waals surface area contributed by atoms with Crippen molar-refractivity contribution >= 4 is 26.3 Å². The van der Waals surface area contributed by atoms with Crippen LogP contribution in [0.5, 0.6) is 5.75 Å². The van der Waals surface area contributed by atoms with Crippen molar-refractivity contribution in [1.82, 2.24) is 4.98 Å². The molecule has 0 N–H and O–H groups in total. The highest BCUT2D eigenvalue weighted by atomic mass is 32.2. The number of benzene rings is 2. The molecule has 2 aromatic carbocycles. The van der Waals surface area contributed by atoms with Crippen LogP contribution in [0.3, 0.4) is 0 Å². The minimum atomic E-state index is -3.42. The van der Waals surface area contributed by atoms with E-state index in [4.69, 9.17) is 4.74 Å². The Hall–Kier alpha value is -2.52. The van der Waals surface area contributed by atoms with E-state index in [1.807, 2.05) is 4.90 Å². The SMILES string of the molecule is COc1ccc(S(=O)(=O)C2CCN(c3nc(-c4ccc(F)c(F)c4)cs3)CC2)cc1. The van der Waals surface area contributed by atoms with E-state index in [1.165, 1.54) is 24.5 Å². The molecule has 0 bridgehead atoms. The molecule has 1 aliphatic heterocycles. The molecule has 1 aliphatic rings. The quantitative estimate of drug-likeness (QED) is 0.571. The second-order valence-corrected chi connectivity index (χ2v) is 10.1. The van der Waals surface area contributed by atoms with Gasteiger partial charge in [-0.3, -0.25) is 0 Å². The zero-order valence-electron chi connectivity index (χ0n) is 16.2. The first kappa shape index (κ1) is 20.7. The fourth-order valence-electron chi connectivity index (χ4n) is 3.51. The number of hydrogen-bond donors (Lipinski definition) is 0. The summed E-state index contributed by atoms with van der Waals surface area (Å²) in [6.07, 6.45) is 0.989. The molecule has 158 valence electrons. The van der Waals surface area contributed by atoms with Crippen LogP contribution in [-0.4, -0.2) is 38.9 Å². The van der Waals surface area contributed by atoms with E-state index in [0.29, 0.717) is 47.8 Å². The van der Waals surface area contributed by atoms with E-state index >= 15 is 0 Å². The van der Waals surface area contributed by atoms with Crippen LogP contribution in [0.25, 0.3) is 11.3 Å². The molecule has 3 aromatic rings. The third kappa shape index (κ3) is 4.04. The maximum atomic E-state index is 13.5. The average Bonchev–Trinajstić information content (AvgIpc) is 3.26. The van der Waals surface area contributed by atoms with E-state index in [2.05, 4.69) is 4.98 Å². The Balaban J connectivity index is 1.44. The Morgan fingerprint density at radius 1 is 1.07 bits per heavy atom. The predicted octanol–water partition coefficient (Wildman–Crippen LogP) is 4.54. The summed E-state index contributed by atoms with van der Waals surface area (Å²) < 4.78 is 57.6. The first-order chi connectivity index (χ1) is 14.4. The minimum absolute atomic E-state index is 0.302. The van der Waals surface area contributed by atoms with Crippen LogP contribution in [0.1, 0.15) is 12.8 Å². The monoisotopic (exact) mass is 450 g/mol. The zero-order valence-corrected chi connectivity index (χ0v) is 17.8. The largest absolute Gasteiger partial charge is 0.497 e. The van der Waals surface area contributed by atoms with Gasteiger partial charge in [-0.05, 0) is 55.3 Å². The number of thiazole rings is 1. The number of methoxy groups -OCH3 is 1. The number of anilines is 1. The van der Waals surface area contributed by atoms with Gasteiger partial charge in [-0.1, -0.05) is 0 Å². The lowest BCUT2D eigenvalue weighted by atomic mass is 10.1. The summed E-state index contributed by atoms with van der Waals surface area (Å²) in [5.41, 5.74) is 1.08. The molecule has 0 saturated carbocycles. The van der Waals surface area contributed by atoms with Crippen molar-refractivity contribution in [2.75, 3.05) is 25.1 Å². The molecule has 1 saturated heterocycles. The van der Waals surface area contributed by atoms with Gasteiger partial charge in [-0.25, -0.2) is 22.2 Å². The normalized spacial score (nSPS) is 15.4. The molecule has 2 heterocycles. The van der Waals surface area contributed by atoms with Crippen LogP contribution >= 0.6 is 11.3 Å². The summed E-state index contributed by atoms with van der Waals surface area (Å²) >= 11 is 1.41. The topological polar surface area (TPSA) is 59.5 Å². The van der Waals surface area contributed by atoms with E-state index in [1.54, 1.807) is 29.6 Å². The van der Waals surface area contributed by atoms with Gasteiger partial charge >= 0.3 is 0 Å². The van der Waals surface area contributed by atoms with E-state index in [0.717, 1.165) is 17.3 Å². The summed E-state index contributed by atoms with van der Waals surface area (Å²) in [4.78, 5) is 6.87. The molecule has 1 fully saturated rings. The number of sulfone groups is 1. The van der Waals surface area contributed by atoms with E-state index < -0.39 is 26.7 Å². The second kappa shape index (κ2) is 8.31. The summed E-state index contributed by atoms with van der Waals surface area (Å²) in [6.45, 7) is 1.12. The lowest BCUT2D eigenvalue weighted by Crippen LogP contribution is -2.39. The van der Waals surface area contributed by atoms with Crippen molar-refractivity contribution in [3.8, 4) is 17.0 Å². The van der Waals surface area contributed by atoms with Crippen LogP contribution in [-0.2, 0) is 9.84 Å². The molecular formula is C21H20F2N2O3S2. The fraction of sp³-hybridized carbons (Fsp3) is 0.286. The number of hydrogen-bond acceptors (Lipinski definition) is 6. The molecule has 4 rings (SSSR count). The van der Waals surface area contributed by atoms with Crippen LogP contribution in [0.2, 0.25) is 0 Å². The van der Waals surface area contributed by atoms with Gasteiger partial charge in [0.25, 0.3) is 0 Å². The summed E-state index contributed by atoms with van der Waals surface area (Å²) in [5.74, 6) is -1.19. The molecular weight excluding hydrogens is 430 g/mol. The summed E-state index contributed by atoms with van der Waals surface area (Å²) in [7, 11) is -1.88. The predicted molar refractivity (Wildman–Crippen MR) is 113 cm³/mol. The Kier molecular flexibility index (Phi) is 5.75. The van der Waals surface area contributed by atoms with Crippen LogP contribution in [0, 0.1) is 11.6 Å². The van der Waals surface area contributed by atoms with Gasteiger partial charge < -0.3 is 9.64 Å². The Morgan fingerprint density at radius 3 is 2.40 bits per heavy atom. The lowest BCUT2D eigenvalue weighted by molar-refractivity contribution is 0.414. The van der Waals surface area contributed by atoms with Crippen LogP contribution in [0.4, 0.5) is 13.9 Å². The number of nitrogens with zero attached hydrogens (tertiary/aromatic N) is 2. The molecule has 0 atom stereocenters. The van der Waals surface area contributed by atoms with Crippen molar-refractivity contribution in [1.29, 1.82) is 0 Å². The highest BCUT2D eigenvalue weighted by Crippen LogP contribution is 2.32. The van der Waals surface area contributed by atoms with Crippen LogP contribution in [0.15, 0.2) is 52.7 Å². The van der Waals surface area contributed by atoms with Crippen LogP contribution < -0.4 is 9.64 Å². The molecule has 0 amide bonds. The Bertz CT molecular complexity index is 1140. The van der Waals surface area contributed by atoms with Crippen molar-refractivity contribution in [3.63, 3.8) is 0 Å². The molecule has 30 heavy (non-hydrogen) atoms. The highest BCUT2D eigenvalue weighted by molar-refractivity contribution is 7.92. The standard InChI is InChI=1S/C21H20F2N2O3S2/c1-28-15-3-5-16(6-4-15)30(26,27)17-8-10-25(11-9-17)21-24-20(13-29-21)14-2-7-18(22)19(23)12-14/h2-7,12-13,17H,8-11H2,1H3. The summed E-state index contributed by atoms with van der Waals surface area (Å²) in [5, 5.41) is 2.09. The van der Waals surface area contributed by atoms with Crippen molar-refractivity contribution in [2.45, 2.75) is 23.0 Å². The smallest absolute Gasteiger partial charge is 0.185 e. The van der Waals surface area contributed by atoms with E-state index in [-0.39, 0.29) is 0 Å². The van der Waals surface area contributed by atoms with Crippen molar-refractivity contribution in [3.05, 3.63) is 59.5 Å². The van der Waals surface area contributed by atoms with Gasteiger partial charge in [0.2, 0.25) is 0 Å². The second-order valence-electron chi connectivity index (χ2n) is 7.05. The summed E-state index contributed by atoms with van der Waals surface area (Å²) in [6, 6.07) is 10.2. The van der Waals surface area contributed by atoms with Crippen molar-refractivity contribution in [2.24, 2.45) is 0 Å². The van der Waals surface area contributed by atoms with Gasteiger partial charge in [-0.15, -0.1) is 11.3 Å². The lowest BCUT2D eigenvalue weighted by Gasteiger charge is -2.31. The molecule has 0 spiro atoms. The highest BCUT2D eigenvalue weighted by Gasteiger charge is 2.32. The number of rotatable bonds is 5. The molecule has 9 heteroatoms. The third-order valence-corrected chi connectivity index (χ3v) is 8.43. The molecule has 5 nitrogen and oxygen atoms in total. The van der Waals surface area contributed by atoms with Crippen molar-refractivity contribution < 1.29 is 21.9 Å². The maximum Gasteiger partial charge on any atom is 0.185 e. The number of aromatic nitrogens is 1. The van der Waals surface area contributed by atoms with Gasteiger partial charge in [0.15, 0.2) is 26.6 Å². The molecule has 0 radical (unpaired) electrons. The molecule has 1 aromatic heterocycles. The third-order valence-electron chi connectivity index (χ3n) is 5.25. The molecule has 0 unspecified atom stereocenters. The Labute approximate surface area is 177 Å².